The second kappa shape index (κ2) is 8.56. The standard InChI is InChI=1S/C22H23F3N4O2/c1-31-17-10-4-14(5-11-17)21(30)27-16-8-6-15(7-9-16)26-18-3-2-12-29-19(18)13-20(28-29)22(23,24)25/h2-5,10-13,15-16,19H,6-9H2,1H3,(H-,26,27,28,30)/p+1. The Morgan fingerprint density at radius 3 is 2.55 bits per heavy atom. The summed E-state index contributed by atoms with van der Waals surface area (Å²) in [5.74, 6) is 0.569. The maximum Gasteiger partial charge on any atom is 0.436 e. The maximum absolute atomic E-state index is 13.0. The van der Waals surface area contributed by atoms with Crippen LogP contribution in [-0.4, -0.2) is 53.9 Å². The van der Waals surface area contributed by atoms with Crippen molar-refractivity contribution in [2.75, 3.05) is 7.11 Å². The molecule has 0 aromatic heterocycles. The molecule has 164 valence electrons. The lowest BCUT2D eigenvalue weighted by Crippen LogP contribution is -2.40. The highest BCUT2D eigenvalue weighted by Crippen LogP contribution is 2.29. The number of benzene rings is 1. The Hall–Kier alpha value is -3.10. The summed E-state index contributed by atoms with van der Waals surface area (Å²) in [5, 5.41) is 3.06. The number of halogens is 3. The molecule has 0 spiro atoms. The molecule has 1 aliphatic carbocycles. The first-order valence-corrected chi connectivity index (χ1v) is 10.2. The van der Waals surface area contributed by atoms with Crippen LogP contribution < -0.4 is 15.5 Å². The highest BCUT2D eigenvalue weighted by Gasteiger charge is 2.45. The average Bonchev–Trinajstić information content (AvgIpc) is 3.21. The predicted molar refractivity (Wildman–Crippen MR) is 110 cm³/mol. The Morgan fingerprint density at radius 1 is 1.19 bits per heavy atom. The van der Waals surface area contributed by atoms with Gasteiger partial charge in [0.05, 0.1) is 13.2 Å². The van der Waals surface area contributed by atoms with E-state index in [9.17, 15) is 18.0 Å². The van der Waals surface area contributed by atoms with Gasteiger partial charge in [-0.05, 0) is 56.0 Å². The van der Waals surface area contributed by atoms with Crippen molar-refractivity contribution in [1.29, 1.82) is 0 Å². The van der Waals surface area contributed by atoms with E-state index in [1.165, 1.54) is 10.8 Å². The highest BCUT2D eigenvalue weighted by atomic mass is 19.4. The summed E-state index contributed by atoms with van der Waals surface area (Å²) in [6.07, 6.45) is 4.85. The fraction of sp³-hybridized carbons (Fsp3) is 0.409. The number of fused-ring (bicyclic) bond motifs is 1. The maximum atomic E-state index is 13.0. The number of alkyl halides is 3. The minimum atomic E-state index is -4.42. The normalized spacial score (nSPS) is 26.6. The second-order valence-electron chi connectivity index (χ2n) is 7.81. The number of ether oxygens (including phenoxy) is 1. The van der Waals surface area contributed by atoms with Gasteiger partial charge in [0.1, 0.15) is 11.5 Å². The van der Waals surface area contributed by atoms with E-state index in [1.807, 2.05) is 0 Å². The Labute approximate surface area is 178 Å². The van der Waals surface area contributed by atoms with Gasteiger partial charge < -0.3 is 10.1 Å². The van der Waals surface area contributed by atoms with Crippen LogP contribution in [0.5, 0.6) is 5.75 Å². The number of nitrogens with zero attached hydrogens (tertiary/aromatic N) is 2. The molecular formula is C22H24F3N4O2+. The summed E-state index contributed by atoms with van der Waals surface area (Å²) in [7, 11) is 1.57. The van der Waals surface area contributed by atoms with Crippen molar-refractivity contribution in [2.45, 2.75) is 50.0 Å². The van der Waals surface area contributed by atoms with Gasteiger partial charge in [0.25, 0.3) is 5.91 Å². The Morgan fingerprint density at radius 2 is 1.90 bits per heavy atom. The molecule has 3 aliphatic rings. The van der Waals surface area contributed by atoms with Crippen LogP contribution in [0.2, 0.25) is 0 Å². The molecule has 0 radical (unpaired) electrons. The Kier molecular flexibility index (Phi) is 5.84. The number of carbonyl (C=O) groups is 1. The van der Waals surface area contributed by atoms with E-state index in [2.05, 4.69) is 10.7 Å². The average molecular weight is 433 g/mol. The van der Waals surface area contributed by atoms with Crippen LogP contribution in [0.25, 0.3) is 0 Å². The number of hydrogen-bond donors (Lipinski definition) is 2. The third-order valence-corrected chi connectivity index (χ3v) is 5.71. The summed E-state index contributed by atoms with van der Waals surface area (Å²) in [4.78, 5) is 17.2. The quantitative estimate of drug-likeness (QED) is 0.717. The molecule has 1 aromatic carbocycles. The molecule has 2 N–H and O–H groups in total. The van der Waals surface area contributed by atoms with Crippen molar-refractivity contribution in [3.05, 3.63) is 53.8 Å². The number of amides is 1. The topological polar surface area (TPSA) is 65.7 Å². The number of nitrogens with one attached hydrogen (secondary N) is 2. The van der Waals surface area contributed by atoms with Crippen molar-refractivity contribution in [3.63, 3.8) is 0 Å². The van der Waals surface area contributed by atoms with Crippen LogP contribution in [0, 0.1) is 0 Å². The zero-order valence-electron chi connectivity index (χ0n) is 17.0. The predicted octanol–water partition coefficient (Wildman–Crippen LogP) is 3.16. The van der Waals surface area contributed by atoms with Crippen molar-refractivity contribution < 1.29 is 27.4 Å². The van der Waals surface area contributed by atoms with E-state index < -0.39 is 17.9 Å². The van der Waals surface area contributed by atoms with Gasteiger partial charge in [-0.3, -0.25) is 9.79 Å². The number of hydrazine groups is 1. The van der Waals surface area contributed by atoms with Gasteiger partial charge in [0, 0.05) is 23.8 Å². The number of aliphatic imine (C=N–C) groups is 1. The lowest BCUT2D eigenvalue weighted by Gasteiger charge is -2.27. The fourth-order valence-corrected chi connectivity index (χ4v) is 4.02. The fourth-order valence-electron chi connectivity index (χ4n) is 4.02. The molecule has 0 saturated heterocycles. The molecule has 1 unspecified atom stereocenters. The van der Waals surface area contributed by atoms with Crippen molar-refractivity contribution in [2.24, 2.45) is 4.99 Å². The summed E-state index contributed by atoms with van der Waals surface area (Å²) in [5.41, 5.74) is 2.80. The molecule has 9 heteroatoms. The van der Waals surface area contributed by atoms with E-state index in [-0.39, 0.29) is 18.0 Å². The zero-order chi connectivity index (χ0) is 22.0. The first-order valence-electron chi connectivity index (χ1n) is 10.2. The van der Waals surface area contributed by atoms with Crippen LogP contribution in [0.4, 0.5) is 13.2 Å². The summed E-state index contributed by atoms with van der Waals surface area (Å²) in [6, 6.07) is 6.46. The molecule has 2 aliphatic heterocycles. The second-order valence-corrected chi connectivity index (χ2v) is 7.81. The summed E-state index contributed by atoms with van der Waals surface area (Å²) >= 11 is 0. The van der Waals surface area contributed by atoms with E-state index >= 15 is 0 Å². The lowest BCUT2D eigenvalue weighted by molar-refractivity contribution is -0.577. The highest BCUT2D eigenvalue weighted by molar-refractivity contribution is 6.03. The minimum Gasteiger partial charge on any atom is -0.497 e. The summed E-state index contributed by atoms with van der Waals surface area (Å²) in [6.45, 7) is 0. The smallest absolute Gasteiger partial charge is 0.436 e. The van der Waals surface area contributed by atoms with Crippen LogP contribution in [0.1, 0.15) is 36.0 Å². The van der Waals surface area contributed by atoms with Crippen molar-refractivity contribution in [3.8, 4) is 5.75 Å². The molecule has 1 saturated carbocycles. The van der Waals surface area contributed by atoms with E-state index in [0.29, 0.717) is 17.0 Å². The molecule has 1 fully saturated rings. The molecule has 6 nitrogen and oxygen atoms in total. The zero-order valence-corrected chi connectivity index (χ0v) is 17.0. The SMILES string of the molecule is COc1ccc(C(=O)NC2CCC(N=C3C=CC=[N+]4NC(C(F)(F)F)=CC34)CC2)cc1. The van der Waals surface area contributed by atoms with Crippen LogP contribution in [-0.2, 0) is 0 Å². The monoisotopic (exact) mass is 433 g/mol. The third-order valence-electron chi connectivity index (χ3n) is 5.71. The van der Waals surface area contributed by atoms with Gasteiger partial charge in [-0.15, -0.1) is 4.68 Å². The summed E-state index contributed by atoms with van der Waals surface area (Å²) < 4.78 is 45.6. The molecule has 1 amide bonds. The number of hydrazone groups is 1. The largest absolute Gasteiger partial charge is 0.497 e. The molecule has 1 aromatic rings. The van der Waals surface area contributed by atoms with Crippen molar-refractivity contribution >= 4 is 17.8 Å². The van der Waals surface area contributed by atoms with Gasteiger partial charge in [-0.25, -0.2) is 0 Å². The molecule has 0 bridgehead atoms. The number of hydrogen-bond acceptors (Lipinski definition) is 4. The van der Waals surface area contributed by atoms with Gasteiger partial charge in [0.15, 0.2) is 11.9 Å². The first-order chi connectivity index (χ1) is 14.8. The Bertz CT molecular complexity index is 956. The third kappa shape index (κ3) is 4.81. The van der Waals surface area contributed by atoms with Gasteiger partial charge in [0.2, 0.25) is 6.04 Å². The lowest BCUT2D eigenvalue weighted by atomic mass is 9.91. The van der Waals surface area contributed by atoms with Crippen LogP contribution in [0.15, 0.2) is 53.2 Å². The van der Waals surface area contributed by atoms with E-state index in [4.69, 9.17) is 9.73 Å². The van der Waals surface area contributed by atoms with Gasteiger partial charge in [-0.2, -0.15) is 18.6 Å². The molecule has 4 rings (SSSR count). The van der Waals surface area contributed by atoms with Gasteiger partial charge in [-0.1, -0.05) is 0 Å². The van der Waals surface area contributed by atoms with E-state index in [1.54, 1.807) is 49.7 Å². The van der Waals surface area contributed by atoms with Crippen LogP contribution in [0.3, 0.4) is 0 Å². The number of rotatable bonds is 4. The number of carbonyl (C=O) groups excluding carboxylic acids is 1. The first kappa shape index (κ1) is 21.1. The molecular weight excluding hydrogens is 409 g/mol. The molecule has 31 heavy (non-hydrogen) atoms. The molecule has 1 atom stereocenters. The van der Waals surface area contributed by atoms with Crippen molar-refractivity contribution in [1.82, 2.24) is 10.7 Å². The Balaban J connectivity index is 1.34. The number of methoxy groups -OCH3 is 1. The van der Waals surface area contributed by atoms with Gasteiger partial charge >= 0.3 is 6.18 Å². The van der Waals surface area contributed by atoms with E-state index in [0.717, 1.165) is 25.7 Å². The number of allylic oxidation sites excluding steroid dienone is 2. The minimum absolute atomic E-state index is 0.0251. The van der Waals surface area contributed by atoms with Crippen LogP contribution >= 0.6 is 0 Å². The molecule has 2 heterocycles.